The van der Waals surface area contributed by atoms with Crippen LogP contribution in [0.4, 0.5) is 11.4 Å². The summed E-state index contributed by atoms with van der Waals surface area (Å²) < 4.78 is 6.63. The Morgan fingerprint density at radius 2 is 2.00 bits per heavy atom. The third-order valence-corrected chi connectivity index (χ3v) is 3.15. The van der Waals surface area contributed by atoms with Gasteiger partial charge in [0.1, 0.15) is 5.56 Å². The molecule has 0 spiro atoms. The first-order valence-corrected chi connectivity index (χ1v) is 6.39. The number of hydrogen-bond donors (Lipinski definition) is 2. The number of carbonyl (C=O) groups excluding carboxylic acids is 1. The lowest BCUT2D eigenvalue weighted by Crippen LogP contribution is -2.21. The lowest BCUT2D eigenvalue weighted by Gasteiger charge is -2.14. The molecule has 0 aliphatic carbocycles. The van der Waals surface area contributed by atoms with Gasteiger partial charge in [0.25, 0.3) is 0 Å². The Kier molecular flexibility index (Phi) is 3.65. The quantitative estimate of drug-likeness (QED) is 0.650. The van der Waals surface area contributed by atoms with Gasteiger partial charge in [-0.3, -0.25) is 4.79 Å². The first kappa shape index (κ1) is 13.9. The molecule has 0 unspecified atom stereocenters. The number of ether oxygens (including phenoxy) is 1. The molecule has 0 amide bonds. The van der Waals surface area contributed by atoms with Crippen LogP contribution in [0.2, 0.25) is 0 Å². The zero-order valence-electron chi connectivity index (χ0n) is 11.5. The minimum atomic E-state index is -0.628. The molecule has 4 N–H and O–H groups in total. The summed E-state index contributed by atoms with van der Waals surface area (Å²) in [6, 6.07) is 3.15. The lowest BCUT2D eigenvalue weighted by atomic mass is 10.1. The van der Waals surface area contributed by atoms with Gasteiger partial charge in [-0.05, 0) is 26.0 Å². The second-order valence-corrected chi connectivity index (χ2v) is 4.34. The van der Waals surface area contributed by atoms with E-state index >= 15 is 0 Å². The molecule has 0 aliphatic heterocycles. The number of aryl methyl sites for hydroxylation is 1. The van der Waals surface area contributed by atoms with Gasteiger partial charge >= 0.3 is 5.97 Å². The summed E-state index contributed by atoms with van der Waals surface area (Å²) in [6.07, 6.45) is 1.47. The second kappa shape index (κ2) is 5.24. The SMILES string of the molecule is CCOC(=O)c1cn(CC)c2c(N)c(N)ccc2c1=O. The van der Waals surface area contributed by atoms with Gasteiger partial charge in [0, 0.05) is 18.1 Å². The predicted molar refractivity (Wildman–Crippen MR) is 78.7 cm³/mol. The number of benzene rings is 1. The fraction of sp³-hybridized carbons (Fsp3) is 0.286. The average molecular weight is 275 g/mol. The van der Waals surface area contributed by atoms with Crippen molar-refractivity contribution in [1.29, 1.82) is 0 Å². The van der Waals surface area contributed by atoms with E-state index in [0.717, 1.165) is 0 Å². The number of carbonyl (C=O) groups is 1. The minimum absolute atomic E-state index is 0.00497. The van der Waals surface area contributed by atoms with Gasteiger partial charge in [-0.1, -0.05) is 0 Å². The van der Waals surface area contributed by atoms with Crippen molar-refractivity contribution in [3.8, 4) is 0 Å². The molecule has 1 aromatic carbocycles. The molecule has 20 heavy (non-hydrogen) atoms. The summed E-state index contributed by atoms with van der Waals surface area (Å²) >= 11 is 0. The molecule has 1 aromatic heterocycles. The number of pyridine rings is 1. The highest BCUT2D eigenvalue weighted by molar-refractivity contribution is 5.99. The second-order valence-electron chi connectivity index (χ2n) is 4.34. The molecule has 0 saturated carbocycles. The highest BCUT2D eigenvalue weighted by atomic mass is 16.5. The van der Waals surface area contributed by atoms with Gasteiger partial charge in [-0.2, -0.15) is 0 Å². The van der Waals surface area contributed by atoms with E-state index in [1.54, 1.807) is 23.6 Å². The average Bonchev–Trinajstić information content (AvgIpc) is 2.43. The van der Waals surface area contributed by atoms with Gasteiger partial charge < -0.3 is 20.8 Å². The third kappa shape index (κ3) is 2.09. The summed E-state index contributed by atoms with van der Waals surface area (Å²) in [6.45, 7) is 4.35. The molecule has 0 bridgehead atoms. The Bertz CT molecular complexity index is 735. The molecule has 0 aliphatic rings. The van der Waals surface area contributed by atoms with Crippen LogP contribution < -0.4 is 16.9 Å². The standard InChI is InChI=1S/C14H17N3O3/c1-3-17-7-9(14(19)20-4-2)13(18)8-5-6-10(15)11(16)12(8)17/h5-7H,3-4,15-16H2,1-2H3. The molecule has 0 radical (unpaired) electrons. The number of rotatable bonds is 3. The number of esters is 1. The largest absolute Gasteiger partial charge is 0.462 e. The molecule has 0 fully saturated rings. The van der Waals surface area contributed by atoms with Crippen molar-refractivity contribution < 1.29 is 9.53 Å². The zero-order valence-corrected chi connectivity index (χ0v) is 11.5. The van der Waals surface area contributed by atoms with Crippen LogP contribution in [0, 0.1) is 0 Å². The zero-order chi connectivity index (χ0) is 14.9. The van der Waals surface area contributed by atoms with E-state index in [1.807, 2.05) is 6.92 Å². The fourth-order valence-corrected chi connectivity index (χ4v) is 2.14. The first-order chi connectivity index (χ1) is 9.51. The molecule has 1 heterocycles. The smallest absolute Gasteiger partial charge is 0.343 e. The Hall–Kier alpha value is -2.50. The van der Waals surface area contributed by atoms with Crippen molar-refractivity contribution in [2.24, 2.45) is 0 Å². The molecular weight excluding hydrogens is 258 g/mol. The van der Waals surface area contributed by atoms with E-state index in [4.69, 9.17) is 16.2 Å². The number of hydrogen-bond acceptors (Lipinski definition) is 5. The van der Waals surface area contributed by atoms with E-state index in [9.17, 15) is 9.59 Å². The van der Waals surface area contributed by atoms with Crippen LogP contribution in [-0.2, 0) is 11.3 Å². The summed E-state index contributed by atoms with van der Waals surface area (Å²) in [7, 11) is 0. The monoisotopic (exact) mass is 275 g/mol. The van der Waals surface area contributed by atoms with Gasteiger partial charge in [0.2, 0.25) is 5.43 Å². The summed E-state index contributed by atoms with van der Waals surface area (Å²) in [4.78, 5) is 24.2. The van der Waals surface area contributed by atoms with Crippen molar-refractivity contribution in [2.75, 3.05) is 18.1 Å². The van der Waals surface area contributed by atoms with Crippen LogP contribution in [0.5, 0.6) is 0 Å². The maximum atomic E-state index is 12.4. The normalized spacial score (nSPS) is 10.7. The molecule has 6 nitrogen and oxygen atoms in total. The highest BCUT2D eigenvalue weighted by Gasteiger charge is 2.17. The van der Waals surface area contributed by atoms with E-state index in [2.05, 4.69) is 0 Å². The van der Waals surface area contributed by atoms with E-state index in [0.29, 0.717) is 28.8 Å². The van der Waals surface area contributed by atoms with E-state index in [-0.39, 0.29) is 12.2 Å². The van der Waals surface area contributed by atoms with Crippen LogP contribution >= 0.6 is 0 Å². The van der Waals surface area contributed by atoms with Gasteiger partial charge in [0.15, 0.2) is 0 Å². The van der Waals surface area contributed by atoms with Gasteiger partial charge in [0.05, 0.1) is 23.5 Å². The minimum Gasteiger partial charge on any atom is -0.462 e. The number of nitrogen functional groups attached to an aromatic ring is 2. The number of fused-ring (bicyclic) bond motifs is 1. The molecule has 2 aromatic rings. The highest BCUT2D eigenvalue weighted by Crippen LogP contribution is 2.25. The van der Waals surface area contributed by atoms with Crippen LogP contribution in [0.15, 0.2) is 23.1 Å². The topological polar surface area (TPSA) is 100 Å². The van der Waals surface area contributed by atoms with Crippen molar-refractivity contribution in [1.82, 2.24) is 4.57 Å². The number of aromatic nitrogens is 1. The number of anilines is 2. The van der Waals surface area contributed by atoms with Crippen molar-refractivity contribution in [2.45, 2.75) is 20.4 Å². The molecule has 0 saturated heterocycles. The Balaban J connectivity index is 2.84. The summed E-state index contributed by atoms with van der Waals surface area (Å²) in [5, 5.41) is 0.365. The van der Waals surface area contributed by atoms with Crippen LogP contribution in [0.25, 0.3) is 10.9 Å². The Morgan fingerprint density at radius 1 is 1.30 bits per heavy atom. The predicted octanol–water partition coefficient (Wildman–Crippen LogP) is 1.36. The molecule has 106 valence electrons. The van der Waals surface area contributed by atoms with Crippen LogP contribution in [-0.4, -0.2) is 17.1 Å². The van der Waals surface area contributed by atoms with Gasteiger partial charge in [-0.25, -0.2) is 4.79 Å². The van der Waals surface area contributed by atoms with Crippen molar-refractivity contribution >= 4 is 28.2 Å². The lowest BCUT2D eigenvalue weighted by molar-refractivity contribution is 0.0524. The summed E-state index contributed by atoms with van der Waals surface area (Å²) in [5.74, 6) is -0.628. The molecular formula is C14H17N3O3. The Labute approximate surface area is 115 Å². The van der Waals surface area contributed by atoms with E-state index < -0.39 is 11.4 Å². The summed E-state index contributed by atoms with van der Waals surface area (Å²) in [5.41, 5.74) is 12.6. The maximum Gasteiger partial charge on any atom is 0.343 e. The van der Waals surface area contributed by atoms with E-state index in [1.165, 1.54) is 6.20 Å². The van der Waals surface area contributed by atoms with Gasteiger partial charge in [-0.15, -0.1) is 0 Å². The van der Waals surface area contributed by atoms with Crippen LogP contribution in [0.3, 0.4) is 0 Å². The van der Waals surface area contributed by atoms with Crippen molar-refractivity contribution in [3.63, 3.8) is 0 Å². The maximum absolute atomic E-state index is 12.4. The van der Waals surface area contributed by atoms with Crippen LogP contribution in [0.1, 0.15) is 24.2 Å². The number of nitrogens with zero attached hydrogens (tertiary/aromatic N) is 1. The first-order valence-electron chi connectivity index (χ1n) is 6.39. The molecule has 6 heteroatoms. The number of nitrogens with two attached hydrogens (primary N) is 2. The van der Waals surface area contributed by atoms with Crippen molar-refractivity contribution in [3.05, 3.63) is 34.1 Å². The Morgan fingerprint density at radius 3 is 2.60 bits per heavy atom. The molecule has 0 atom stereocenters. The third-order valence-electron chi connectivity index (χ3n) is 3.15. The fourth-order valence-electron chi connectivity index (χ4n) is 2.14. The molecule has 2 rings (SSSR count).